The van der Waals surface area contributed by atoms with E-state index in [0.717, 1.165) is 12.1 Å². The van der Waals surface area contributed by atoms with Crippen molar-refractivity contribution in [3.8, 4) is 17.2 Å². The highest BCUT2D eigenvalue weighted by molar-refractivity contribution is 6.15. The third-order valence-electron chi connectivity index (χ3n) is 3.83. The number of hydrogen-bond acceptors (Lipinski definition) is 5. The smallest absolute Gasteiger partial charge is 0.493 e. The van der Waals surface area contributed by atoms with Gasteiger partial charge < -0.3 is 14.2 Å². The summed E-state index contributed by atoms with van der Waals surface area (Å²) in [6, 6.07) is 9.73. The molecule has 0 aliphatic heterocycles. The van der Waals surface area contributed by atoms with Gasteiger partial charge in [-0.15, -0.1) is 13.2 Å². The average molecular weight is 377 g/mol. The summed E-state index contributed by atoms with van der Waals surface area (Å²) in [4.78, 5) is 17.0. The van der Waals surface area contributed by atoms with E-state index < -0.39 is 17.9 Å². The average Bonchev–Trinajstić information content (AvgIpc) is 2.65. The number of pyridine rings is 1. The molecule has 0 amide bonds. The third kappa shape index (κ3) is 3.94. The second-order valence-corrected chi connectivity index (χ2v) is 5.49. The van der Waals surface area contributed by atoms with Crippen LogP contribution in [0.4, 0.5) is 13.2 Å². The van der Waals surface area contributed by atoms with E-state index in [-0.39, 0.29) is 11.3 Å². The zero-order valence-electron chi connectivity index (χ0n) is 14.3. The van der Waals surface area contributed by atoms with Gasteiger partial charge in [0, 0.05) is 17.1 Å². The van der Waals surface area contributed by atoms with Gasteiger partial charge in [0.1, 0.15) is 11.4 Å². The number of hydrogen-bond donors (Lipinski definition) is 0. The first-order valence-electron chi connectivity index (χ1n) is 7.73. The number of nitrogens with zero attached hydrogens (tertiary/aromatic N) is 1. The molecule has 5 nitrogen and oxygen atoms in total. The minimum absolute atomic E-state index is 0.151. The molecule has 140 valence electrons. The summed E-state index contributed by atoms with van der Waals surface area (Å²) in [6.07, 6.45) is -3.32. The van der Waals surface area contributed by atoms with Crippen molar-refractivity contribution in [1.29, 1.82) is 0 Å². The van der Waals surface area contributed by atoms with Crippen molar-refractivity contribution < 1.29 is 32.2 Å². The van der Waals surface area contributed by atoms with Crippen molar-refractivity contribution in [1.82, 2.24) is 4.98 Å². The molecule has 27 heavy (non-hydrogen) atoms. The maximum atomic E-state index is 12.8. The normalized spacial score (nSPS) is 11.3. The molecule has 0 spiro atoms. The Hall–Kier alpha value is -3.29. The van der Waals surface area contributed by atoms with Crippen LogP contribution in [-0.4, -0.2) is 31.3 Å². The van der Waals surface area contributed by atoms with Gasteiger partial charge in [0.25, 0.3) is 0 Å². The molecule has 0 fully saturated rings. The number of halogens is 3. The molecule has 0 saturated carbocycles. The second-order valence-electron chi connectivity index (χ2n) is 5.49. The van der Waals surface area contributed by atoms with Crippen LogP contribution in [0.3, 0.4) is 0 Å². The van der Waals surface area contributed by atoms with Crippen molar-refractivity contribution in [2.75, 3.05) is 14.2 Å². The van der Waals surface area contributed by atoms with Crippen LogP contribution in [-0.2, 0) is 0 Å². The fourth-order valence-electron chi connectivity index (χ4n) is 2.62. The van der Waals surface area contributed by atoms with E-state index in [2.05, 4.69) is 9.72 Å². The molecule has 0 saturated heterocycles. The Kier molecular flexibility index (Phi) is 4.89. The molecule has 0 radical (unpaired) electrons. The van der Waals surface area contributed by atoms with Crippen LogP contribution in [0.5, 0.6) is 17.2 Å². The van der Waals surface area contributed by atoms with Crippen LogP contribution in [0, 0.1) is 0 Å². The lowest BCUT2D eigenvalue weighted by molar-refractivity contribution is -0.274. The standard InChI is InChI=1S/C19H14F3NO4/c1-25-15-9-12-7-8-23-17(14(12)10-16(15)26-2)18(24)11-3-5-13(6-4-11)27-19(20,21)22/h3-10H,1-2H3. The number of fused-ring (bicyclic) bond motifs is 1. The molecule has 0 N–H and O–H groups in total. The predicted octanol–water partition coefficient (Wildman–Crippen LogP) is 4.38. The number of aromatic nitrogens is 1. The maximum Gasteiger partial charge on any atom is 0.573 e. The first kappa shape index (κ1) is 18.5. The summed E-state index contributed by atoms with van der Waals surface area (Å²) >= 11 is 0. The largest absolute Gasteiger partial charge is 0.573 e. The van der Waals surface area contributed by atoms with Crippen LogP contribution in [0.1, 0.15) is 16.1 Å². The molecule has 2 aromatic carbocycles. The SMILES string of the molecule is COc1cc2ccnc(C(=O)c3ccc(OC(F)(F)F)cc3)c2cc1OC. The first-order chi connectivity index (χ1) is 12.8. The Morgan fingerprint density at radius 3 is 2.19 bits per heavy atom. The van der Waals surface area contributed by atoms with E-state index in [1.54, 1.807) is 18.2 Å². The Bertz CT molecular complexity index is 985. The van der Waals surface area contributed by atoms with E-state index in [1.807, 2.05) is 0 Å². The van der Waals surface area contributed by atoms with Gasteiger partial charge in [-0.25, -0.2) is 0 Å². The summed E-state index contributed by atoms with van der Waals surface area (Å²) in [6.45, 7) is 0. The van der Waals surface area contributed by atoms with Crippen molar-refractivity contribution >= 4 is 16.6 Å². The molecule has 0 unspecified atom stereocenters. The van der Waals surface area contributed by atoms with Gasteiger partial charge in [0.05, 0.1) is 14.2 Å². The Balaban J connectivity index is 2.00. The fraction of sp³-hybridized carbons (Fsp3) is 0.158. The van der Waals surface area contributed by atoms with Gasteiger partial charge >= 0.3 is 6.36 Å². The van der Waals surface area contributed by atoms with Crippen molar-refractivity contribution in [3.05, 3.63) is 59.9 Å². The first-order valence-corrected chi connectivity index (χ1v) is 7.73. The van der Waals surface area contributed by atoms with Crippen LogP contribution in [0.2, 0.25) is 0 Å². The van der Waals surface area contributed by atoms with Gasteiger partial charge in [-0.05, 0) is 47.9 Å². The summed E-state index contributed by atoms with van der Waals surface area (Å²) in [5.41, 5.74) is 0.331. The Labute approximate surface area is 152 Å². The Morgan fingerprint density at radius 2 is 1.59 bits per heavy atom. The highest BCUT2D eigenvalue weighted by Crippen LogP contribution is 2.33. The minimum Gasteiger partial charge on any atom is -0.493 e. The van der Waals surface area contributed by atoms with Gasteiger partial charge in [-0.1, -0.05) is 0 Å². The van der Waals surface area contributed by atoms with Gasteiger partial charge in [-0.2, -0.15) is 0 Å². The number of ketones is 1. The maximum absolute atomic E-state index is 12.8. The quantitative estimate of drug-likeness (QED) is 0.618. The van der Waals surface area contributed by atoms with E-state index >= 15 is 0 Å². The van der Waals surface area contributed by atoms with Gasteiger partial charge in [0.2, 0.25) is 5.78 Å². The summed E-state index contributed by atoms with van der Waals surface area (Å²) in [7, 11) is 2.97. The topological polar surface area (TPSA) is 57.7 Å². The number of ether oxygens (including phenoxy) is 3. The zero-order valence-corrected chi connectivity index (χ0v) is 14.3. The number of rotatable bonds is 5. The Morgan fingerprint density at radius 1 is 0.963 bits per heavy atom. The summed E-state index contributed by atoms with van der Waals surface area (Å²) < 4.78 is 51.1. The lowest BCUT2D eigenvalue weighted by atomic mass is 10.0. The minimum atomic E-state index is -4.79. The molecule has 3 aromatic rings. The van der Waals surface area contributed by atoms with E-state index in [4.69, 9.17) is 9.47 Å². The molecule has 0 atom stereocenters. The van der Waals surface area contributed by atoms with Crippen LogP contribution < -0.4 is 14.2 Å². The molecule has 0 aliphatic carbocycles. The van der Waals surface area contributed by atoms with Crippen molar-refractivity contribution in [2.24, 2.45) is 0 Å². The number of carbonyl (C=O) groups excluding carboxylic acids is 1. The van der Waals surface area contributed by atoms with Crippen molar-refractivity contribution in [3.63, 3.8) is 0 Å². The number of alkyl halides is 3. The number of methoxy groups -OCH3 is 2. The lowest BCUT2D eigenvalue weighted by Crippen LogP contribution is -2.17. The fourth-order valence-corrected chi connectivity index (χ4v) is 2.62. The van der Waals surface area contributed by atoms with E-state index in [9.17, 15) is 18.0 Å². The lowest BCUT2D eigenvalue weighted by Gasteiger charge is -2.11. The molecule has 8 heteroatoms. The highest BCUT2D eigenvalue weighted by atomic mass is 19.4. The van der Waals surface area contributed by atoms with Gasteiger partial charge in [0.15, 0.2) is 11.5 Å². The zero-order chi connectivity index (χ0) is 19.6. The molecular weight excluding hydrogens is 363 g/mol. The van der Waals surface area contributed by atoms with Crippen LogP contribution in [0.25, 0.3) is 10.8 Å². The second kappa shape index (κ2) is 7.14. The van der Waals surface area contributed by atoms with E-state index in [0.29, 0.717) is 22.3 Å². The van der Waals surface area contributed by atoms with Crippen LogP contribution in [0.15, 0.2) is 48.7 Å². The molecule has 1 heterocycles. The number of benzene rings is 2. The highest BCUT2D eigenvalue weighted by Gasteiger charge is 2.31. The molecular formula is C19H14F3NO4. The summed E-state index contributed by atoms with van der Waals surface area (Å²) in [5, 5.41) is 1.25. The third-order valence-corrected chi connectivity index (χ3v) is 3.83. The molecule has 0 bridgehead atoms. The molecule has 1 aromatic heterocycles. The molecule has 3 rings (SSSR count). The van der Waals surface area contributed by atoms with Gasteiger partial charge in [-0.3, -0.25) is 9.78 Å². The van der Waals surface area contributed by atoms with Crippen LogP contribution >= 0.6 is 0 Å². The predicted molar refractivity (Wildman–Crippen MR) is 91.4 cm³/mol. The van der Waals surface area contributed by atoms with E-state index in [1.165, 1.54) is 32.5 Å². The van der Waals surface area contributed by atoms with Crippen molar-refractivity contribution in [2.45, 2.75) is 6.36 Å². The number of carbonyl (C=O) groups is 1. The molecule has 0 aliphatic rings. The summed E-state index contributed by atoms with van der Waals surface area (Å²) in [5.74, 6) is 0.0898. The monoisotopic (exact) mass is 377 g/mol.